The summed E-state index contributed by atoms with van der Waals surface area (Å²) in [4.78, 5) is 18.6. The molecule has 88 valence electrons. The molecule has 0 unspecified atom stereocenters. The van der Waals surface area contributed by atoms with Crippen molar-refractivity contribution >= 4 is 16.8 Å². The molecule has 0 aliphatic rings. The fourth-order valence-corrected chi connectivity index (χ4v) is 2.06. The molecule has 0 saturated heterocycles. The summed E-state index contributed by atoms with van der Waals surface area (Å²) >= 11 is 0. The lowest BCUT2D eigenvalue weighted by molar-refractivity contribution is 0.100. The quantitative estimate of drug-likeness (QED) is 0.718. The maximum atomic E-state index is 11.4. The number of pyridine rings is 1. The van der Waals surface area contributed by atoms with E-state index in [1.807, 2.05) is 30.5 Å². The molecule has 0 atom stereocenters. The van der Waals surface area contributed by atoms with E-state index in [9.17, 15) is 4.79 Å². The summed E-state index contributed by atoms with van der Waals surface area (Å²) in [5.74, 6) is -0.443. The highest BCUT2D eigenvalue weighted by molar-refractivity contribution is 6.00. The number of fused-ring (bicyclic) bond motifs is 1. The van der Waals surface area contributed by atoms with Crippen molar-refractivity contribution in [2.24, 2.45) is 5.73 Å². The molecule has 1 amide bonds. The highest BCUT2D eigenvalue weighted by Gasteiger charge is 2.10. The van der Waals surface area contributed by atoms with Gasteiger partial charge in [0.1, 0.15) is 0 Å². The zero-order valence-electron chi connectivity index (χ0n) is 9.55. The van der Waals surface area contributed by atoms with Crippen LogP contribution in [0.1, 0.15) is 10.4 Å². The van der Waals surface area contributed by atoms with Crippen LogP contribution in [0.2, 0.25) is 0 Å². The van der Waals surface area contributed by atoms with Gasteiger partial charge < -0.3 is 10.7 Å². The number of aromatic amines is 1. The number of carbonyl (C=O) groups excluding carboxylic acids is 1. The van der Waals surface area contributed by atoms with E-state index in [0.29, 0.717) is 5.56 Å². The van der Waals surface area contributed by atoms with E-state index in [-0.39, 0.29) is 0 Å². The number of nitrogens with zero attached hydrogens (tertiary/aromatic N) is 1. The standard InChI is InChI=1S/C14H11N3O/c15-14(18)11-4-5-16-8-12(11)9-1-2-13-10(7-9)3-6-17-13/h1-8,17H,(H2,15,18). The van der Waals surface area contributed by atoms with E-state index in [1.54, 1.807) is 18.5 Å². The molecule has 3 aromatic rings. The number of rotatable bonds is 2. The van der Waals surface area contributed by atoms with Gasteiger partial charge in [0.15, 0.2) is 0 Å². The van der Waals surface area contributed by atoms with Gasteiger partial charge in [-0.05, 0) is 35.2 Å². The first kappa shape index (κ1) is 10.5. The van der Waals surface area contributed by atoms with E-state index in [1.165, 1.54) is 0 Å². The molecular formula is C14H11N3O. The third-order valence-corrected chi connectivity index (χ3v) is 2.95. The average molecular weight is 237 g/mol. The monoisotopic (exact) mass is 237 g/mol. The minimum Gasteiger partial charge on any atom is -0.366 e. The Morgan fingerprint density at radius 3 is 2.94 bits per heavy atom. The van der Waals surface area contributed by atoms with Crippen molar-refractivity contribution < 1.29 is 4.79 Å². The summed E-state index contributed by atoms with van der Waals surface area (Å²) in [7, 11) is 0. The lowest BCUT2D eigenvalue weighted by Crippen LogP contribution is -2.12. The molecule has 3 N–H and O–H groups in total. The SMILES string of the molecule is NC(=O)c1ccncc1-c1ccc2[nH]ccc2c1. The minimum atomic E-state index is -0.443. The van der Waals surface area contributed by atoms with Crippen LogP contribution < -0.4 is 5.73 Å². The largest absolute Gasteiger partial charge is 0.366 e. The summed E-state index contributed by atoms with van der Waals surface area (Å²) in [6, 6.07) is 9.55. The molecule has 0 bridgehead atoms. The second-order valence-electron chi connectivity index (χ2n) is 4.07. The molecule has 1 aromatic carbocycles. The first-order chi connectivity index (χ1) is 8.75. The third-order valence-electron chi connectivity index (χ3n) is 2.95. The summed E-state index contributed by atoms with van der Waals surface area (Å²) in [5, 5.41) is 1.09. The fourth-order valence-electron chi connectivity index (χ4n) is 2.06. The van der Waals surface area contributed by atoms with E-state index < -0.39 is 5.91 Å². The van der Waals surface area contributed by atoms with Crippen molar-refractivity contribution in [2.75, 3.05) is 0 Å². The van der Waals surface area contributed by atoms with Crippen LogP contribution in [0, 0.1) is 0 Å². The van der Waals surface area contributed by atoms with Gasteiger partial charge in [-0.1, -0.05) is 6.07 Å². The summed E-state index contributed by atoms with van der Waals surface area (Å²) in [6.45, 7) is 0. The van der Waals surface area contributed by atoms with Crippen molar-refractivity contribution in [3.05, 3.63) is 54.5 Å². The van der Waals surface area contributed by atoms with Crippen molar-refractivity contribution in [1.82, 2.24) is 9.97 Å². The maximum absolute atomic E-state index is 11.4. The number of nitrogens with one attached hydrogen (secondary N) is 1. The Hall–Kier alpha value is -2.62. The number of hydrogen-bond donors (Lipinski definition) is 2. The highest BCUT2D eigenvalue weighted by Crippen LogP contribution is 2.25. The number of hydrogen-bond acceptors (Lipinski definition) is 2. The molecule has 18 heavy (non-hydrogen) atoms. The molecule has 0 spiro atoms. The molecule has 0 aliphatic carbocycles. The first-order valence-corrected chi connectivity index (χ1v) is 5.57. The Bertz CT molecular complexity index is 730. The van der Waals surface area contributed by atoms with Gasteiger partial charge in [-0.15, -0.1) is 0 Å². The number of carbonyl (C=O) groups is 1. The zero-order valence-corrected chi connectivity index (χ0v) is 9.55. The van der Waals surface area contributed by atoms with Gasteiger partial charge in [-0.25, -0.2) is 0 Å². The molecule has 2 heterocycles. The van der Waals surface area contributed by atoms with Crippen LogP contribution in [-0.2, 0) is 0 Å². The van der Waals surface area contributed by atoms with Gasteiger partial charge in [0.25, 0.3) is 0 Å². The van der Waals surface area contributed by atoms with Crippen LogP contribution in [0.3, 0.4) is 0 Å². The van der Waals surface area contributed by atoms with Crippen molar-refractivity contribution in [3.8, 4) is 11.1 Å². The van der Waals surface area contributed by atoms with Gasteiger partial charge in [-0.3, -0.25) is 9.78 Å². The van der Waals surface area contributed by atoms with Crippen LogP contribution >= 0.6 is 0 Å². The van der Waals surface area contributed by atoms with E-state index in [0.717, 1.165) is 22.0 Å². The topological polar surface area (TPSA) is 71.8 Å². The molecule has 0 aliphatic heterocycles. The Balaban J connectivity index is 2.22. The summed E-state index contributed by atoms with van der Waals surface area (Å²) in [5.41, 5.74) is 8.61. The average Bonchev–Trinajstić information content (AvgIpc) is 2.85. The smallest absolute Gasteiger partial charge is 0.249 e. The Kier molecular flexibility index (Phi) is 2.34. The van der Waals surface area contributed by atoms with Crippen LogP contribution in [0.25, 0.3) is 22.0 Å². The van der Waals surface area contributed by atoms with Crippen LogP contribution in [0.4, 0.5) is 0 Å². The van der Waals surface area contributed by atoms with Crippen LogP contribution in [0.15, 0.2) is 48.9 Å². The molecule has 0 saturated carbocycles. The number of benzene rings is 1. The van der Waals surface area contributed by atoms with E-state index in [2.05, 4.69) is 9.97 Å². The predicted molar refractivity (Wildman–Crippen MR) is 70.0 cm³/mol. The number of nitrogens with two attached hydrogens (primary N) is 1. The van der Waals surface area contributed by atoms with Gasteiger partial charge in [0.05, 0.1) is 0 Å². The number of H-pyrrole nitrogens is 1. The predicted octanol–water partition coefficient (Wildman–Crippen LogP) is 2.33. The number of amides is 1. The lowest BCUT2D eigenvalue weighted by Gasteiger charge is -2.06. The molecule has 4 nitrogen and oxygen atoms in total. The first-order valence-electron chi connectivity index (χ1n) is 5.57. The molecule has 3 rings (SSSR count). The summed E-state index contributed by atoms with van der Waals surface area (Å²) in [6.07, 6.45) is 5.11. The molecule has 0 fully saturated rings. The second kappa shape index (κ2) is 4.00. The highest BCUT2D eigenvalue weighted by atomic mass is 16.1. The van der Waals surface area contributed by atoms with Gasteiger partial charge in [-0.2, -0.15) is 0 Å². The third kappa shape index (κ3) is 1.64. The van der Waals surface area contributed by atoms with E-state index in [4.69, 9.17) is 5.73 Å². The van der Waals surface area contributed by atoms with Gasteiger partial charge in [0.2, 0.25) is 5.91 Å². The Morgan fingerprint density at radius 1 is 1.22 bits per heavy atom. The molecule has 2 aromatic heterocycles. The fraction of sp³-hybridized carbons (Fsp3) is 0. The maximum Gasteiger partial charge on any atom is 0.249 e. The van der Waals surface area contributed by atoms with E-state index >= 15 is 0 Å². The lowest BCUT2D eigenvalue weighted by atomic mass is 10.0. The molecular weight excluding hydrogens is 226 g/mol. The number of aromatic nitrogens is 2. The normalized spacial score (nSPS) is 10.7. The molecule has 0 radical (unpaired) electrons. The summed E-state index contributed by atoms with van der Waals surface area (Å²) < 4.78 is 0. The van der Waals surface area contributed by atoms with Crippen molar-refractivity contribution in [1.29, 1.82) is 0 Å². The van der Waals surface area contributed by atoms with Crippen molar-refractivity contribution in [2.45, 2.75) is 0 Å². The Morgan fingerprint density at radius 2 is 2.11 bits per heavy atom. The molecule has 4 heteroatoms. The van der Waals surface area contributed by atoms with Crippen LogP contribution in [0.5, 0.6) is 0 Å². The minimum absolute atomic E-state index is 0.443. The number of primary amides is 1. The zero-order chi connectivity index (χ0) is 12.5. The Labute approximate surface area is 103 Å². The van der Waals surface area contributed by atoms with Crippen molar-refractivity contribution in [3.63, 3.8) is 0 Å². The van der Waals surface area contributed by atoms with Gasteiger partial charge >= 0.3 is 0 Å². The van der Waals surface area contributed by atoms with Crippen LogP contribution in [-0.4, -0.2) is 15.9 Å². The second-order valence-corrected chi connectivity index (χ2v) is 4.07. The van der Waals surface area contributed by atoms with Gasteiger partial charge in [0, 0.05) is 35.2 Å².